The van der Waals surface area contributed by atoms with E-state index in [0.717, 1.165) is 33.6 Å². The maximum atomic E-state index is 9.54. The Morgan fingerprint density at radius 2 is 0.718 bits per heavy atom. The Kier molecular flexibility index (Phi) is 26.9. The van der Waals surface area contributed by atoms with Crippen LogP contribution in [0.4, 0.5) is 34.9 Å². The van der Waals surface area contributed by atoms with Crippen molar-refractivity contribution in [2.45, 2.75) is 27.7 Å². The standard InChI is InChI=1S/2C15H13ClN4O.2C14H11ClN4O2.2C13H9ClN4O2/c1-8-5-18-6-10(8)15-14(19-7-13(17)20-15)9-2-3-12(21)11(16)4-9;1-8-4-10(6-18-8)15-14(19-7-13(17)20-15)9-2-3-12(21)11(16)5-9;1-7-14(21-6-18-7)13-12(17-5-11(16)19-13)8-2-3-10(20)9(15)4-8;1-7-17-5-11(21-7)14-13(18-6-12(16)19-14)8-2-3-10(20)9(15)4-8;14-8-3-7(1-2-9(8)19)12-13(10-4-16-6-20-10)18-11(15)5-17-12;14-8-5-7(1-2-9(8)19)11-12(13-16-3-4-20-13)18-10(15)6-17-11/h2*2-5,7,21H,6H2,1H3,(H2,17,20);2*2-6,20H,1H3,(H2,16,19);2*1-6,19H,(H2,15,18). The maximum absolute atomic E-state index is 9.54. The number of nitrogens with two attached hydrogens (primary N) is 6. The van der Waals surface area contributed by atoms with Gasteiger partial charge in [0, 0.05) is 63.4 Å². The van der Waals surface area contributed by atoms with Crippen molar-refractivity contribution in [1.82, 2.24) is 79.7 Å². The highest BCUT2D eigenvalue weighted by atomic mass is 35.5. The highest BCUT2D eigenvalue weighted by molar-refractivity contribution is 6.34. The summed E-state index contributed by atoms with van der Waals surface area (Å²) >= 11 is 35.7. The van der Waals surface area contributed by atoms with Crippen LogP contribution in [0.1, 0.15) is 36.8 Å². The molecule has 18 N–H and O–H groups in total. The molecule has 624 valence electrons. The van der Waals surface area contributed by atoms with Crippen molar-refractivity contribution in [1.29, 1.82) is 0 Å². The van der Waals surface area contributed by atoms with E-state index in [-0.39, 0.29) is 87.9 Å². The molecule has 40 heteroatoms. The number of hydrogen-bond acceptors (Lipinski definition) is 34. The Morgan fingerprint density at radius 1 is 0.347 bits per heavy atom. The molecule has 6 aromatic carbocycles. The first-order valence-electron chi connectivity index (χ1n) is 36.2. The summed E-state index contributed by atoms with van der Waals surface area (Å²) in [6, 6.07) is 28.9. The number of hydrogen-bond donors (Lipinski definition) is 12. The first-order chi connectivity index (χ1) is 59.5. The molecule has 16 aromatic rings. The van der Waals surface area contributed by atoms with E-state index in [1.165, 1.54) is 105 Å². The van der Waals surface area contributed by atoms with Gasteiger partial charge in [-0.1, -0.05) is 69.6 Å². The Labute approximate surface area is 732 Å². The van der Waals surface area contributed by atoms with Crippen LogP contribution in [-0.4, -0.2) is 135 Å². The Morgan fingerprint density at radius 3 is 1.06 bits per heavy atom. The molecule has 0 amide bonds. The summed E-state index contributed by atoms with van der Waals surface area (Å²) < 4.78 is 21.3. The molecule has 34 nitrogen and oxygen atoms in total. The van der Waals surface area contributed by atoms with Gasteiger partial charge in [-0.25, -0.2) is 69.8 Å². The van der Waals surface area contributed by atoms with Gasteiger partial charge in [0.05, 0.1) is 127 Å². The highest BCUT2D eigenvalue weighted by Crippen LogP contribution is 2.41. The maximum Gasteiger partial charge on any atom is 0.247 e. The van der Waals surface area contributed by atoms with Gasteiger partial charge in [-0.2, -0.15) is 0 Å². The van der Waals surface area contributed by atoms with Crippen molar-refractivity contribution in [2.24, 2.45) is 9.98 Å². The molecule has 0 bridgehead atoms. The second kappa shape index (κ2) is 38.5. The zero-order valence-electron chi connectivity index (χ0n) is 65.0. The van der Waals surface area contributed by atoms with Crippen molar-refractivity contribution in [3.8, 4) is 148 Å². The number of phenolic OH excluding ortho intramolecular Hbond substituents is 6. The fourth-order valence-corrected chi connectivity index (χ4v) is 12.9. The number of aryl methyl sites for hydroxylation is 2. The Balaban J connectivity index is 0.000000128. The van der Waals surface area contributed by atoms with Crippen LogP contribution in [0.15, 0.2) is 223 Å². The molecule has 0 unspecified atom stereocenters. The minimum Gasteiger partial charge on any atom is -0.506 e. The number of allylic oxidation sites excluding steroid dienone is 2. The molecule has 18 rings (SSSR count). The second-order valence-corrected chi connectivity index (χ2v) is 28.9. The summed E-state index contributed by atoms with van der Waals surface area (Å²) in [5, 5.41) is 58.5. The molecule has 12 heterocycles. The molecule has 0 spiro atoms. The van der Waals surface area contributed by atoms with Gasteiger partial charge in [0.15, 0.2) is 41.7 Å². The minimum absolute atomic E-state index is 0.0000335. The zero-order valence-corrected chi connectivity index (χ0v) is 69.5. The summed E-state index contributed by atoms with van der Waals surface area (Å²) in [6.45, 7) is 8.57. The van der Waals surface area contributed by atoms with E-state index >= 15 is 0 Å². The monoisotopic (exact) mass is 1780 g/mol. The molecule has 0 saturated carbocycles. The van der Waals surface area contributed by atoms with E-state index in [9.17, 15) is 30.6 Å². The predicted molar refractivity (Wildman–Crippen MR) is 475 cm³/mol. The lowest BCUT2D eigenvalue weighted by atomic mass is 10.0. The van der Waals surface area contributed by atoms with Crippen LogP contribution in [-0.2, 0) is 0 Å². The topological polar surface area (TPSA) is 561 Å². The lowest BCUT2D eigenvalue weighted by molar-refractivity contribution is 0.475. The minimum atomic E-state index is -0.00325. The van der Waals surface area contributed by atoms with Gasteiger partial charge >= 0.3 is 0 Å². The van der Waals surface area contributed by atoms with Gasteiger partial charge in [0.25, 0.3) is 0 Å². The van der Waals surface area contributed by atoms with Crippen LogP contribution < -0.4 is 34.4 Å². The average Bonchev–Trinajstić information content (AvgIpc) is 1.38. The van der Waals surface area contributed by atoms with Gasteiger partial charge in [-0.3, -0.25) is 20.0 Å². The lowest BCUT2D eigenvalue weighted by Gasteiger charge is -2.11. The first-order valence-corrected chi connectivity index (χ1v) is 38.5. The SMILES string of the molecule is CC1=C(c2nc(N)cnc2-c2ccc(O)c(Cl)c2)CN=C1.CC1=NCC(c2nc(N)cnc2-c2ccc(O)c(Cl)c2)=C1.Cc1ncc(-c2nc(N)cnc2-c2ccc(O)c(Cl)c2)o1.Cc1ncoc1-c1nc(N)cnc1-c1ccc(O)c(Cl)c1.Nc1cnc(-c2ccc(O)c(Cl)c2)c(-c2cnco2)n1.Nc1cnc(-c2ccc(O)c(Cl)c2)c(-c2ncco2)n1. The third kappa shape index (κ3) is 20.6. The molecule has 0 atom stereocenters. The van der Waals surface area contributed by atoms with Gasteiger partial charge in [0.2, 0.25) is 5.89 Å². The predicted octanol–water partition coefficient (Wildman–Crippen LogP) is 17.5. The molecule has 0 saturated heterocycles. The van der Waals surface area contributed by atoms with E-state index in [4.69, 9.17) is 122 Å². The van der Waals surface area contributed by atoms with E-state index in [1.807, 2.05) is 26.1 Å². The van der Waals surface area contributed by atoms with Crippen molar-refractivity contribution in [3.05, 3.63) is 249 Å². The lowest BCUT2D eigenvalue weighted by Crippen LogP contribution is -2.02. The number of rotatable bonds is 12. The number of aromatic nitrogens is 16. The normalized spacial score (nSPS) is 11.8. The fraction of sp³-hybridized carbons (Fsp3) is 0.0714. The molecule has 0 aliphatic carbocycles. The van der Waals surface area contributed by atoms with Gasteiger partial charge in [0.1, 0.15) is 116 Å². The third-order valence-corrected chi connectivity index (χ3v) is 19.5. The number of anilines is 6. The van der Waals surface area contributed by atoms with Crippen LogP contribution >= 0.6 is 69.6 Å². The number of nitrogens with zero attached hydrogens (tertiary/aromatic N) is 18. The van der Waals surface area contributed by atoms with Crippen molar-refractivity contribution in [2.75, 3.05) is 47.5 Å². The van der Waals surface area contributed by atoms with Gasteiger partial charge < -0.3 is 82.7 Å². The van der Waals surface area contributed by atoms with Crippen molar-refractivity contribution in [3.63, 3.8) is 0 Å². The second-order valence-electron chi connectivity index (χ2n) is 26.4. The largest absolute Gasteiger partial charge is 0.506 e. The number of phenols is 6. The number of benzene rings is 6. The smallest absolute Gasteiger partial charge is 0.247 e. The average molecular weight is 1780 g/mol. The summed E-state index contributed by atoms with van der Waals surface area (Å²) in [6.07, 6.45) is 21.2. The van der Waals surface area contributed by atoms with Crippen LogP contribution in [0.3, 0.4) is 0 Å². The summed E-state index contributed by atoms with van der Waals surface area (Å²) in [5.74, 6) is 4.07. The number of nitrogen functional groups attached to an aromatic ring is 6. The Hall–Kier alpha value is -15.2. The Bertz CT molecular complexity index is 6660. The molecule has 124 heavy (non-hydrogen) atoms. The molecule has 2 aliphatic rings. The molecular weight excluding hydrogens is 1720 g/mol. The van der Waals surface area contributed by atoms with Crippen molar-refractivity contribution >= 4 is 128 Å². The third-order valence-electron chi connectivity index (χ3n) is 17.7. The summed E-state index contributed by atoms with van der Waals surface area (Å²) in [4.78, 5) is 76.2. The van der Waals surface area contributed by atoms with E-state index in [0.29, 0.717) is 150 Å². The van der Waals surface area contributed by atoms with E-state index in [2.05, 4.69) is 89.7 Å². The van der Waals surface area contributed by atoms with Gasteiger partial charge in [-0.05, 0) is 142 Å². The molecule has 0 radical (unpaired) electrons. The summed E-state index contributed by atoms with van der Waals surface area (Å²) in [5.41, 5.74) is 49.9. The van der Waals surface area contributed by atoms with E-state index < -0.39 is 0 Å². The van der Waals surface area contributed by atoms with Gasteiger partial charge in [-0.15, -0.1) is 0 Å². The highest BCUT2D eigenvalue weighted by Gasteiger charge is 2.25. The van der Waals surface area contributed by atoms with Crippen LogP contribution in [0.5, 0.6) is 34.5 Å². The van der Waals surface area contributed by atoms with Crippen LogP contribution in [0.25, 0.3) is 125 Å². The number of aromatic hydroxyl groups is 6. The zero-order chi connectivity index (χ0) is 88.2. The first kappa shape index (κ1) is 86.6. The summed E-state index contributed by atoms with van der Waals surface area (Å²) in [7, 11) is 0. The van der Waals surface area contributed by atoms with E-state index in [1.54, 1.807) is 92.8 Å². The van der Waals surface area contributed by atoms with Crippen molar-refractivity contribution < 1.29 is 48.3 Å². The molecule has 2 aliphatic heterocycles. The van der Waals surface area contributed by atoms with Crippen LogP contribution in [0, 0.1) is 13.8 Å². The molecular formula is C84H66Cl6N24O10. The van der Waals surface area contributed by atoms with Crippen LogP contribution in [0.2, 0.25) is 30.1 Å². The quantitative estimate of drug-likeness (QED) is 0.0540. The number of halogens is 6. The number of oxazole rings is 4. The number of aliphatic imine (C=N–C) groups is 2. The fourth-order valence-electron chi connectivity index (χ4n) is 11.8. The molecule has 0 fully saturated rings. The molecule has 10 aromatic heterocycles.